The number of benzene rings is 1. The zero-order valence-electron chi connectivity index (χ0n) is 13.8. The van der Waals surface area contributed by atoms with Crippen molar-refractivity contribution < 1.29 is 14.3 Å². The van der Waals surface area contributed by atoms with Crippen molar-refractivity contribution in [2.75, 3.05) is 26.8 Å². The van der Waals surface area contributed by atoms with Crippen molar-refractivity contribution in [1.82, 2.24) is 10.6 Å². The zero-order chi connectivity index (χ0) is 16.5. The van der Waals surface area contributed by atoms with Gasteiger partial charge in [0.1, 0.15) is 0 Å². The Morgan fingerprint density at radius 3 is 2.74 bits per heavy atom. The topological polar surface area (TPSA) is 72.0 Å². The van der Waals surface area contributed by atoms with Crippen LogP contribution in [-0.2, 0) is 16.0 Å². The number of hydrogen-bond acceptors (Lipinski definition) is 4. The second kappa shape index (κ2) is 9.15. The highest BCUT2D eigenvalue weighted by molar-refractivity contribution is 5.89. The second-order valence-corrected chi connectivity index (χ2v) is 5.40. The summed E-state index contributed by atoms with van der Waals surface area (Å²) in [6.45, 7) is 5.01. The van der Waals surface area contributed by atoms with Crippen LogP contribution in [0.1, 0.15) is 35.7 Å². The lowest BCUT2D eigenvalue weighted by molar-refractivity contribution is 0.0600. The van der Waals surface area contributed by atoms with Crippen LogP contribution in [0.25, 0.3) is 0 Å². The first kappa shape index (κ1) is 17.3. The fourth-order valence-corrected chi connectivity index (χ4v) is 2.39. The van der Waals surface area contributed by atoms with Crippen molar-refractivity contribution >= 4 is 11.9 Å². The van der Waals surface area contributed by atoms with Gasteiger partial charge in [0.25, 0.3) is 0 Å². The Balaban J connectivity index is 1.89. The Kier molecular flexibility index (Phi) is 6.87. The molecule has 1 aliphatic rings. The highest BCUT2D eigenvalue weighted by Crippen LogP contribution is 2.10. The average molecular weight is 319 g/mol. The molecule has 0 spiro atoms. The minimum absolute atomic E-state index is 0.276. The summed E-state index contributed by atoms with van der Waals surface area (Å²) < 4.78 is 10.3. The van der Waals surface area contributed by atoms with E-state index in [1.807, 2.05) is 19.1 Å². The van der Waals surface area contributed by atoms with Gasteiger partial charge in [-0.05, 0) is 37.5 Å². The van der Waals surface area contributed by atoms with Gasteiger partial charge in [-0.25, -0.2) is 9.79 Å². The molecule has 126 valence electrons. The minimum atomic E-state index is -0.327. The molecule has 0 aromatic heterocycles. The van der Waals surface area contributed by atoms with Crippen LogP contribution in [0.2, 0.25) is 0 Å². The van der Waals surface area contributed by atoms with Crippen molar-refractivity contribution in [2.24, 2.45) is 4.99 Å². The van der Waals surface area contributed by atoms with Crippen molar-refractivity contribution in [3.63, 3.8) is 0 Å². The van der Waals surface area contributed by atoms with Crippen molar-refractivity contribution in [3.8, 4) is 0 Å². The van der Waals surface area contributed by atoms with E-state index in [0.717, 1.165) is 44.1 Å². The maximum absolute atomic E-state index is 11.4. The van der Waals surface area contributed by atoms with Gasteiger partial charge in [-0.1, -0.05) is 12.1 Å². The Labute approximate surface area is 137 Å². The van der Waals surface area contributed by atoms with Crippen LogP contribution in [0.3, 0.4) is 0 Å². The summed E-state index contributed by atoms with van der Waals surface area (Å²) in [5.74, 6) is 0.451. The van der Waals surface area contributed by atoms with Crippen LogP contribution in [0, 0.1) is 0 Å². The van der Waals surface area contributed by atoms with Gasteiger partial charge in [0.15, 0.2) is 5.96 Å². The molecule has 0 aliphatic carbocycles. The summed E-state index contributed by atoms with van der Waals surface area (Å²) >= 11 is 0. The number of nitrogens with one attached hydrogen (secondary N) is 2. The Morgan fingerprint density at radius 2 is 2.13 bits per heavy atom. The summed E-state index contributed by atoms with van der Waals surface area (Å²) in [7, 11) is 1.38. The Hall–Kier alpha value is -2.08. The molecule has 6 nitrogen and oxygen atoms in total. The molecule has 0 saturated carbocycles. The van der Waals surface area contributed by atoms with Gasteiger partial charge in [-0.15, -0.1) is 0 Å². The molecule has 1 heterocycles. The van der Waals surface area contributed by atoms with Crippen molar-refractivity contribution in [3.05, 3.63) is 35.4 Å². The Morgan fingerprint density at radius 1 is 1.35 bits per heavy atom. The number of aliphatic imine (C=N–C) groups is 1. The molecular weight excluding hydrogens is 294 g/mol. The lowest BCUT2D eigenvalue weighted by Crippen LogP contribution is -2.41. The number of rotatable bonds is 6. The van der Waals surface area contributed by atoms with Crippen LogP contribution in [0.15, 0.2) is 29.3 Å². The molecule has 1 aromatic carbocycles. The molecule has 0 bridgehead atoms. The first-order valence-electron chi connectivity index (χ1n) is 8.04. The number of guanidine groups is 1. The fourth-order valence-electron chi connectivity index (χ4n) is 2.39. The molecule has 23 heavy (non-hydrogen) atoms. The summed E-state index contributed by atoms with van der Waals surface area (Å²) in [6.07, 6.45) is 2.51. The molecule has 6 heteroatoms. The van der Waals surface area contributed by atoms with Crippen LogP contribution in [-0.4, -0.2) is 44.8 Å². The molecule has 1 saturated heterocycles. The smallest absolute Gasteiger partial charge is 0.337 e. The molecule has 2 rings (SSSR count). The summed E-state index contributed by atoms with van der Waals surface area (Å²) in [6, 6.07) is 7.28. The first-order valence-corrected chi connectivity index (χ1v) is 8.04. The van der Waals surface area contributed by atoms with Gasteiger partial charge in [-0.3, -0.25) is 0 Å². The molecule has 1 atom stereocenters. The number of carbonyl (C=O) groups is 1. The SMILES string of the molecule is CCNC(=NCc1ccc(C(=O)OC)cc1)NCC1CCCO1. The van der Waals surface area contributed by atoms with Gasteiger partial charge in [0, 0.05) is 19.7 Å². The van der Waals surface area contributed by atoms with E-state index in [9.17, 15) is 4.79 Å². The molecule has 1 fully saturated rings. The summed E-state index contributed by atoms with van der Waals surface area (Å²) in [5.41, 5.74) is 1.58. The first-order chi connectivity index (χ1) is 11.2. The second-order valence-electron chi connectivity index (χ2n) is 5.40. The Bertz CT molecular complexity index is 522. The van der Waals surface area contributed by atoms with Crippen LogP contribution < -0.4 is 10.6 Å². The van der Waals surface area contributed by atoms with Gasteiger partial charge in [0.2, 0.25) is 0 Å². The van der Waals surface area contributed by atoms with E-state index in [-0.39, 0.29) is 12.1 Å². The molecule has 2 N–H and O–H groups in total. The molecule has 1 aromatic rings. The van der Waals surface area contributed by atoms with E-state index in [1.165, 1.54) is 7.11 Å². The maximum atomic E-state index is 11.4. The number of hydrogen-bond donors (Lipinski definition) is 2. The predicted molar refractivity (Wildman–Crippen MR) is 89.6 cm³/mol. The normalized spacial score (nSPS) is 17.8. The molecular formula is C17H25N3O3. The van der Waals surface area contributed by atoms with E-state index in [2.05, 4.69) is 20.4 Å². The average Bonchev–Trinajstić information content (AvgIpc) is 3.10. The highest BCUT2D eigenvalue weighted by atomic mass is 16.5. The van der Waals surface area contributed by atoms with Gasteiger partial charge >= 0.3 is 5.97 Å². The lowest BCUT2D eigenvalue weighted by Gasteiger charge is -2.14. The van der Waals surface area contributed by atoms with Crippen LogP contribution >= 0.6 is 0 Å². The minimum Gasteiger partial charge on any atom is -0.465 e. The van der Waals surface area contributed by atoms with E-state index in [4.69, 9.17) is 4.74 Å². The molecule has 0 amide bonds. The zero-order valence-corrected chi connectivity index (χ0v) is 13.8. The van der Waals surface area contributed by atoms with E-state index < -0.39 is 0 Å². The summed E-state index contributed by atoms with van der Waals surface area (Å²) in [5, 5.41) is 6.54. The maximum Gasteiger partial charge on any atom is 0.337 e. The van der Waals surface area contributed by atoms with Crippen LogP contribution in [0.4, 0.5) is 0 Å². The number of esters is 1. The van der Waals surface area contributed by atoms with Crippen LogP contribution in [0.5, 0.6) is 0 Å². The third kappa shape index (κ3) is 5.56. The van der Waals surface area contributed by atoms with Crippen molar-refractivity contribution in [1.29, 1.82) is 0 Å². The molecule has 1 aliphatic heterocycles. The highest BCUT2D eigenvalue weighted by Gasteiger charge is 2.15. The largest absolute Gasteiger partial charge is 0.465 e. The number of carbonyl (C=O) groups excluding carboxylic acids is 1. The third-order valence-electron chi connectivity index (χ3n) is 3.66. The summed E-state index contributed by atoms with van der Waals surface area (Å²) in [4.78, 5) is 16.0. The molecule has 0 radical (unpaired) electrons. The van der Waals surface area contributed by atoms with Crippen molar-refractivity contribution in [2.45, 2.75) is 32.4 Å². The molecule has 1 unspecified atom stereocenters. The van der Waals surface area contributed by atoms with E-state index >= 15 is 0 Å². The predicted octanol–water partition coefficient (Wildman–Crippen LogP) is 1.71. The number of methoxy groups -OCH3 is 1. The lowest BCUT2D eigenvalue weighted by atomic mass is 10.1. The number of nitrogens with zero attached hydrogens (tertiary/aromatic N) is 1. The van der Waals surface area contributed by atoms with E-state index in [1.54, 1.807) is 12.1 Å². The van der Waals surface area contributed by atoms with Gasteiger partial charge < -0.3 is 20.1 Å². The van der Waals surface area contributed by atoms with E-state index in [0.29, 0.717) is 12.1 Å². The third-order valence-corrected chi connectivity index (χ3v) is 3.66. The fraction of sp³-hybridized carbons (Fsp3) is 0.529. The van der Waals surface area contributed by atoms with Gasteiger partial charge in [0.05, 0.1) is 25.3 Å². The quantitative estimate of drug-likeness (QED) is 0.474. The number of ether oxygens (including phenoxy) is 2. The standard InChI is InChI=1S/C17H25N3O3/c1-3-18-17(20-12-15-5-4-10-23-15)19-11-13-6-8-14(9-7-13)16(21)22-2/h6-9,15H,3-5,10-12H2,1-2H3,(H2,18,19,20). The monoisotopic (exact) mass is 319 g/mol. The van der Waals surface area contributed by atoms with Gasteiger partial charge in [-0.2, -0.15) is 0 Å².